The number of aryl methyl sites for hydroxylation is 1. The molecule has 0 aliphatic carbocycles. The van der Waals surface area contributed by atoms with Gasteiger partial charge in [0.05, 0.1) is 35.0 Å². The Balaban J connectivity index is 1.31. The van der Waals surface area contributed by atoms with Crippen LogP contribution in [-0.2, 0) is 9.53 Å². The second-order valence-electron chi connectivity index (χ2n) is 6.46. The molecule has 140 valence electrons. The van der Waals surface area contributed by atoms with E-state index in [9.17, 15) is 4.79 Å². The number of aromatic nitrogens is 1. The van der Waals surface area contributed by atoms with Crippen molar-refractivity contribution in [1.82, 2.24) is 4.98 Å². The van der Waals surface area contributed by atoms with Crippen molar-refractivity contribution >= 4 is 44.5 Å². The SMILES string of the molecule is Cc1nc2ccc(NCC(=O)Nc3ccc(N4CCOCC4)cc3)cc2s1. The number of nitrogens with one attached hydrogen (secondary N) is 2. The van der Waals surface area contributed by atoms with Crippen molar-refractivity contribution in [2.45, 2.75) is 6.92 Å². The fourth-order valence-electron chi connectivity index (χ4n) is 3.11. The third-order valence-corrected chi connectivity index (χ3v) is 5.41. The number of anilines is 3. The zero-order chi connectivity index (χ0) is 18.6. The van der Waals surface area contributed by atoms with Crippen LogP contribution >= 0.6 is 11.3 Å². The number of ether oxygens (including phenoxy) is 1. The molecule has 4 rings (SSSR count). The summed E-state index contributed by atoms with van der Waals surface area (Å²) >= 11 is 1.65. The van der Waals surface area contributed by atoms with Crippen molar-refractivity contribution in [3.63, 3.8) is 0 Å². The normalized spacial score (nSPS) is 14.3. The van der Waals surface area contributed by atoms with Crippen LogP contribution in [0, 0.1) is 6.92 Å². The molecule has 0 spiro atoms. The molecular formula is C20H22N4O2S. The van der Waals surface area contributed by atoms with Gasteiger partial charge >= 0.3 is 0 Å². The highest BCUT2D eigenvalue weighted by Crippen LogP contribution is 2.24. The van der Waals surface area contributed by atoms with Gasteiger partial charge in [0.1, 0.15) is 0 Å². The summed E-state index contributed by atoms with van der Waals surface area (Å²) in [4.78, 5) is 19.0. The topological polar surface area (TPSA) is 66.5 Å². The van der Waals surface area contributed by atoms with Crippen LogP contribution in [-0.4, -0.2) is 43.7 Å². The standard InChI is InChI=1S/C20H22N4O2S/c1-14-22-18-7-4-16(12-19(18)27-14)21-13-20(25)23-15-2-5-17(6-3-15)24-8-10-26-11-9-24/h2-7,12,21H,8-11,13H2,1H3,(H,23,25). The van der Waals surface area contributed by atoms with Gasteiger partial charge in [0.25, 0.3) is 0 Å². The molecule has 0 radical (unpaired) electrons. The number of nitrogens with zero attached hydrogens (tertiary/aromatic N) is 2. The lowest BCUT2D eigenvalue weighted by Crippen LogP contribution is -2.36. The van der Waals surface area contributed by atoms with E-state index in [1.54, 1.807) is 11.3 Å². The van der Waals surface area contributed by atoms with Gasteiger partial charge in [-0.3, -0.25) is 4.79 Å². The second-order valence-corrected chi connectivity index (χ2v) is 7.70. The lowest BCUT2D eigenvalue weighted by molar-refractivity contribution is -0.114. The summed E-state index contributed by atoms with van der Waals surface area (Å²) in [5.74, 6) is -0.0743. The van der Waals surface area contributed by atoms with E-state index in [0.29, 0.717) is 0 Å². The molecule has 1 aliphatic rings. The first-order valence-corrected chi connectivity index (χ1v) is 9.83. The molecule has 0 unspecified atom stereocenters. The Morgan fingerprint density at radius 2 is 1.89 bits per heavy atom. The number of hydrogen-bond acceptors (Lipinski definition) is 6. The molecule has 1 fully saturated rings. The van der Waals surface area contributed by atoms with Crippen LogP contribution in [0.5, 0.6) is 0 Å². The summed E-state index contributed by atoms with van der Waals surface area (Å²) in [5.41, 5.74) is 3.87. The zero-order valence-corrected chi connectivity index (χ0v) is 16.0. The highest BCUT2D eigenvalue weighted by Gasteiger charge is 2.11. The molecule has 2 N–H and O–H groups in total. The van der Waals surface area contributed by atoms with Crippen molar-refractivity contribution in [2.24, 2.45) is 0 Å². The molecule has 1 amide bonds. The first-order chi connectivity index (χ1) is 13.2. The Morgan fingerprint density at radius 3 is 2.67 bits per heavy atom. The fourth-order valence-corrected chi connectivity index (χ4v) is 3.98. The fraction of sp³-hybridized carbons (Fsp3) is 0.300. The van der Waals surface area contributed by atoms with Gasteiger partial charge in [0, 0.05) is 30.2 Å². The molecule has 0 saturated carbocycles. The third-order valence-electron chi connectivity index (χ3n) is 4.48. The lowest BCUT2D eigenvalue weighted by atomic mass is 10.2. The van der Waals surface area contributed by atoms with Crippen molar-refractivity contribution < 1.29 is 9.53 Å². The summed E-state index contributed by atoms with van der Waals surface area (Å²) in [6.45, 7) is 5.54. The van der Waals surface area contributed by atoms with Gasteiger partial charge in [-0.25, -0.2) is 4.98 Å². The maximum Gasteiger partial charge on any atom is 0.243 e. The summed E-state index contributed by atoms with van der Waals surface area (Å²) in [6, 6.07) is 13.9. The Bertz CT molecular complexity index is 933. The minimum atomic E-state index is -0.0743. The zero-order valence-electron chi connectivity index (χ0n) is 15.2. The van der Waals surface area contributed by atoms with E-state index in [2.05, 4.69) is 20.5 Å². The first-order valence-electron chi connectivity index (χ1n) is 9.01. The van der Waals surface area contributed by atoms with Crippen molar-refractivity contribution in [3.8, 4) is 0 Å². The van der Waals surface area contributed by atoms with Gasteiger partial charge in [-0.05, 0) is 49.4 Å². The van der Waals surface area contributed by atoms with E-state index < -0.39 is 0 Å². The van der Waals surface area contributed by atoms with Gasteiger partial charge < -0.3 is 20.3 Å². The van der Waals surface area contributed by atoms with Gasteiger partial charge in [-0.15, -0.1) is 11.3 Å². The van der Waals surface area contributed by atoms with E-state index >= 15 is 0 Å². The summed E-state index contributed by atoms with van der Waals surface area (Å²) in [6.07, 6.45) is 0. The molecule has 6 nitrogen and oxygen atoms in total. The van der Waals surface area contributed by atoms with Crippen molar-refractivity contribution in [1.29, 1.82) is 0 Å². The molecule has 2 aromatic carbocycles. The maximum absolute atomic E-state index is 12.2. The molecule has 1 aromatic heterocycles. The van der Waals surface area contributed by atoms with E-state index in [-0.39, 0.29) is 12.5 Å². The predicted molar refractivity (Wildman–Crippen MR) is 111 cm³/mol. The second kappa shape index (κ2) is 7.94. The smallest absolute Gasteiger partial charge is 0.243 e. The Labute approximate surface area is 162 Å². The van der Waals surface area contributed by atoms with E-state index in [4.69, 9.17) is 4.74 Å². The van der Waals surface area contributed by atoms with Crippen molar-refractivity contribution in [2.75, 3.05) is 48.4 Å². The monoisotopic (exact) mass is 382 g/mol. The number of carbonyl (C=O) groups is 1. The lowest BCUT2D eigenvalue weighted by Gasteiger charge is -2.28. The predicted octanol–water partition coefficient (Wildman–Crippen LogP) is 3.49. The minimum Gasteiger partial charge on any atom is -0.378 e. The van der Waals surface area contributed by atoms with Crippen LogP contribution in [0.15, 0.2) is 42.5 Å². The average molecular weight is 382 g/mol. The number of thiazole rings is 1. The number of morpholine rings is 1. The highest BCUT2D eigenvalue weighted by molar-refractivity contribution is 7.18. The quantitative estimate of drug-likeness (QED) is 0.707. The van der Waals surface area contributed by atoms with Gasteiger partial charge in [0.2, 0.25) is 5.91 Å². The molecule has 0 atom stereocenters. The molecule has 2 heterocycles. The van der Waals surface area contributed by atoms with Crippen molar-refractivity contribution in [3.05, 3.63) is 47.5 Å². The third kappa shape index (κ3) is 4.37. The number of fused-ring (bicyclic) bond motifs is 1. The van der Waals surface area contributed by atoms with Gasteiger partial charge in [-0.2, -0.15) is 0 Å². The highest BCUT2D eigenvalue weighted by atomic mass is 32.1. The largest absolute Gasteiger partial charge is 0.378 e. The van der Waals surface area contributed by atoms with E-state index in [1.165, 1.54) is 0 Å². The number of carbonyl (C=O) groups excluding carboxylic acids is 1. The molecule has 3 aromatic rings. The van der Waals surface area contributed by atoms with Crippen LogP contribution < -0.4 is 15.5 Å². The molecular weight excluding hydrogens is 360 g/mol. The summed E-state index contributed by atoms with van der Waals surface area (Å²) < 4.78 is 6.50. The van der Waals surface area contributed by atoms with Gasteiger partial charge in [-0.1, -0.05) is 0 Å². The van der Waals surface area contributed by atoms with Crippen LogP contribution in [0.25, 0.3) is 10.2 Å². The van der Waals surface area contributed by atoms with Crippen LogP contribution in [0.4, 0.5) is 17.1 Å². The van der Waals surface area contributed by atoms with Crippen LogP contribution in [0.2, 0.25) is 0 Å². The van der Waals surface area contributed by atoms with E-state index in [0.717, 1.165) is 58.6 Å². The maximum atomic E-state index is 12.2. The minimum absolute atomic E-state index is 0.0743. The molecule has 1 aliphatic heterocycles. The summed E-state index contributed by atoms with van der Waals surface area (Å²) in [7, 11) is 0. The number of hydrogen-bond donors (Lipinski definition) is 2. The number of rotatable bonds is 5. The number of benzene rings is 2. The molecule has 27 heavy (non-hydrogen) atoms. The van der Waals surface area contributed by atoms with Gasteiger partial charge in [0.15, 0.2) is 0 Å². The molecule has 7 heteroatoms. The van der Waals surface area contributed by atoms with Crippen LogP contribution in [0.3, 0.4) is 0 Å². The average Bonchev–Trinajstić information content (AvgIpc) is 3.07. The molecule has 0 bridgehead atoms. The van der Waals surface area contributed by atoms with E-state index in [1.807, 2.05) is 49.4 Å². The Hall–Kier alpha value is -2.64. The Kier molecular flexibility index (Phi) is 5.22. The molecule has 1 saturated heterocycles. The van der Waals surface area contributed by atoms with Crippen LogP contribution in [0.1, 0.15) is 5.01 Å². The Morgan fingerprint density at radius 1 is 1.15 bits per heavy atom. The summed E-state index contributed by atoms with van der Waals surface area (Å²) in [5, 5.41) is 7.15. The number of amides is 1. The first kappa shape index (κ1) is 17.8.